The summed E-state index contributed by atoms with van der Waals surface area (Å²) < 4.78 is 0. The molecule has 90 valence electrons. The molecule has 0 spiro atoms. The first-order valence-corrected chi connectivity index (χ1v) is 6.44. The van der Waals surface area contributed by atoms with Gasteiger partial charge in [0.2, 0.25) is 0 Å². The fourth-order valence-corrected chi connectivity index (χ4v) is 1.68. The van der Waals surface area contributed by atoms with Crippen molar-refractivity contribution >= 4 is 0 Å². The van der Waals surface area contributed by atoms with Gasteiger partial charge >= 0.3 is 0 Å². The Labute approximate surface area is 97.2 Å². The molecule has 0 aliphatic rings. The van der Waals surface area contributed by atoms with E-state index in [0.29, 0.717) is 5.41 Å². The van der Waals surface area contributed by atoms with Crippen molar-refractivity contribution in [2.45, 2.75) is 73.6 Å². The van der Waals surface area contributed by atoms with E-state index in [2.05, 4.69) is 47.6 Å². The second-order valence-corrected chi connectivity index (χ2v) is 6.42. The summed E-state index contributed by atoms with van der Waals surface area (Å²) in [6, 6.07) is 0. The summed E-state index contributed by atoms with van der Waals surface area (Å²) in [5.41, 5.74) is 1.96. The van der Waals surface area contributed by atoms with Crippen LogP contribution in [-0.4, -0.2) is 0 Å². The van der Waals surface area contributed by atoms with E-state index >= 15 is 0 Å². The molecule has 0 N–H and O–H groups in total. The molecule has 1 unspecified atom stereocenters. The molecular formula is C15H30. The molecule has 0 nitrogen and oxygen atoms in total. The van der Waals surface area contributed by atoms with E-state index in [-0.39, 0.29) is 0 Å². The Morgan fingerprint density at radius 1 is 1.13 bits per heavy atom. The molecular weight excluding hydrogens is 180 g/mol. The molecule has 0 amide bonds. The first-order valence-electron chi connectivity index (χ1n) is 6.44. The number of unbranched alkanes of at least 4 members (excludes halogenated alkanes) is 1. The van der Waals surface area contributed by atoms with Crippen molar-refractivity contribution in [2.75, 3.05) is 0 Å². The summed E-state index contributed by atoms with van der Waals surface area (Å²) in [5.74, 6) is 0.898. The van der Waals surface area contributed by atoms with Crippen LogP contribution in [0.4, 0.5) is 0 Å². The quantitative estimate of drug-likeness (QED) is 0.396. The molecule has 0 aromatic carbocycles. The average molecular weight is 210 g/mol. The van der Waals surface area contributed by atoms with E-state index in [0.717, 1.165) is 5.92 Å². The van der Waals surface area contributed by atoms with E-state index in [1.54, 1.807) is 0 Å². The van der Waals surface area contributed by atoms with E-state index < -0.39 is 0 Å². The van der Waals surface area contributed by atoms with Crippen molar-refractivity contribution in [1.29, 1.82) is 0 Å². The molecule has 0 aliphatic carbocycles. The van der Waals surface area contributed by atoms with E-state index in [1.165, 1.54) is 37.7 Å². The van der Waals surface area contributed by atoms with Gasteiger partial charge in [0.25, 0.3) is 0 Å². The summed E-state index contributed by atoms with van der Waals surface area (Å²) in [7, 11) is 0. The maximum Gasteiger partial charge on any atom is -0.0348 e. The van der Waals surface area contributed by atoms with Crippen molar-refractivity contribution in [3.05, 3.63) is 11.6 Å². The highest BCUT2D eigenvalue weighted by Crippen LogP contribution is 2.25. The van der Waals surface area contributed by atoms with Gasteiger partial charge in [-0.2, -0.15) is 0 Å². The Morgan fingerprint density at radius 2 is 1.73 bits per heavy atom. The van der Waals surface area contributed by atoms with E-state index in [1.807, 2.05) is 0 Å². The van der Waals surface area contributed by atoms with Gasteiger partial charge in [0.15, 0.2) is 0 Å². The summed E-state index contributed by atoms with van der Waals surface area (Å²) in [5, 5.41) is 0. The van der Waals surface area contributed by atoms with Gasteiger partial charge in [0.05, 0.1) is 0 Å². The van der Waals surface area contributed by atoms with Gasteiger partial charge in [0.1, 0.15) is 0 Å². The lowest BCUT2D eigenvalue weighted by Crippen LogP contribution is -2.07. The molecule has 0 aliphatic heterocycles. The van der Waals surface area contributed by atoms with Gasteiger partial charge in [-0.05, 0) is 44.4 Å². The third-order valence-electron chi connectivity index (χ3n) is 2.84. The maximum atomic E-state index is 2.40. The predicted octanol–water partition coefficient (Wildman–Crippen LogP) is 5.59. The van der Waals surface area contributed by atoms with Crippen molar-refractivity contribution in [1.82, 2.24) is 0 Å². The van der Waals surface area contributed by atoms with Gasteiger partial charge < -0.3 is 0 Å². The fourth-order valence-electron chi connectivity index (χ4n) is 1.68. The Balaban J connectivity index is 3.50. The Kier molecular flexibility index (Phi) is 6.96. The third-order valence-corrected chi connectivity index (χ3v) is 2.84. The monoisotopic (exact) mass is 210 g/mol. The minimum absolute atomic E-state index is 0.508. The maximum absolute atomic E-state index is 2.40. The molecule has 0 rings (SSSR count). The highest BCUT2D eigenvalue weighted by Gasteiger charge is 2.11. The summed E-state index contributed by atoms with van der Waals surface area (Å²) in [6.07, 6.45) is 9.12. The molecule has 0 fully saturated rings. The zero-order valence-corrected chi connectivity index (χ0v) is 11.7. The van der Waals surface area contributed by atoms with Gasteiger partial charge in [-0.15, -0.1) is 0 Å². The Bertz CT molecular complexity index is 177. The van der Waals surface area contributed by atoms with Crippen LogP contribution in [0, 0.1) is 11.3 Å². The van der Waals surface area contributed by atoms with Crippen LogP contribution < -0.4 is 0 Å². The highest BCUT2D eigenvalue weighted by atomic mass is 14.2. The van der Waals surface area contributed by atoms with Crippen LogP contribution in [0.1, 0.15) is 73.6 Å². The lowest BCUT2D eigenvalue weighted by atomic mass is 9.86. The fraction of sp³-hybridized carbons (Fsp3) is 0.867. The number of hydrogen-bond acceptors (Lipinski definition) is 0. The predicted molar refractivity (Wildman–Crippen MR) is 71.1 cm³/mol. The first-order chi connectivity index (χ1) is 6.81. The second-order valence-electron chi connectivity index (χ2n) is 6.42. The number of allylic oxidation sites excluding steroid dienone is 2. The van der Waals surface area contributed by atoms with Gasteiger partial charge in [0, 0.05) is 0 Å². The van der Waals surface area contributed by atoms with Crippen molar-refractivity contribution in [3.63, 3.8) is 0 Å². The molecule has 0 saturated carbocycles. The standard InChI is InChI=1S/C15H30/c1-13(2)9-7-8-10-14(3)11-12-15(4,5)6/h9,14H,7-8,10-12H2,1-6H3. The smallest absolute Gasteiger partial charge is 0.0348 e. The minimum Gasteiger partial charge on any atom is -0.0859 e. The number of rotatable bonds is 6. The SMILES string of the molecule is CC(C)=CCCCC(C)CCC(C)(C)C. The molecule has 0 heterocycles. The van der Waals surface area contributed by atoms with Crippen LogP contribution in [0.15, 0.2) is 11.6 Å². The average Bonchev–Trinajstić information content (AvgIpc) is 2.07. The van der Waals surface area contributed by atoms with Gasteiger partial charge in [-0.3, -0.25) is 0 Å². The van der Waals surface area contributed by atoms with E-state index in [9.17, 15) is 0 Å². The van der Waals surface area contributed by atoms with Crippen molar-refractivity contribution in [2.24, 2.45) is 11.3 Å². The van der Waals surface area contributed by atoms with Crippen LogP contribution in [0.2, 0.25) is 0 Å². The van der Waals surface area contributed by atoms with Crippen LogP contribution in [0.5, 0.6) is 0 Å². The molecule has 0 saturated heterocycles. The molecule has 0 aromatic rings. The van der Waals surface area contributed by atoms with Crippen LogP contribution in [0.3, 0.4) is 0 Å². The molecule has 0 heteroatoms. The molecule has 0 radical (unpaired) electrons. The molecule has 0 bridgehead atoms. The minimum atomic E-state index is 0.508. The second kappa shape index (κ2) is 7.09. The van der Waals surface area contributed by atoms with Crippen LogP contribution in [0.25, 0.3) is 0 Å². The summed E-state index contributed by atoms with van der Waals surface area (Å²) in [6.45, 7) is 13.8. The van der Waals surface area contributed by atoms with E-state index in [4.69, 9.17) is 0 Å². The third kappa shape index (κ3) is 11.7. The topological polar surface area (TPSA) is 0 Å². The zero-order valence-electron chi connectivity index (χ0n) is 11.7. The zero-order chi connectivity index (χ0) is 11.9. The lowest BCUT2D eigenvalue weighted by Gasteiger charge is -2.20. The van der Waals surface area contributed by atoms with Crippen molar-refractivity contribution < 1.29 is 0 Å². The number of hydrogen-bond donors (Lipinski definition) is 0. The van der Waals surface area contributed by atoms with Crippen molar-refractivity contribution in [3.8, 4) is 0 Å². The highest BCUT2D eigenvalue weighted by molar-refractivity contribution is 4.92. The molecule has 15 heavy (non-hydrogen) atoms. The first kappa shape index (κ1) is 14.7. The van der Waals surface area contributed by atoms with Gasteiger partial charge in [-0.1, -0.05) is 52.2 Å². The molecule has 1 atom stereocenters. The Hall–Kier alpha value is -0.260. The molecule has 0 aromatic heterocycles. The van der Waals surface area contributed by atoms with Crippen LogP contribution in [-0.2, 0) is 0 Å². The summed E-state index contributed by atoms with van der Waals surface area (Å²) >= 11 is 0. The Morgan fingerprint density at radius 3 is 2.20 bits per heavy atom. The van der Waals surface area contributed by atoms with Crippen LogP contribution >= 0.6 is 0 Å². The lowest BCUT2D eigenvalue weighted by molar-refractivity contribution is 0.321. The summed E-state index contributed by atoms with van der Waals surface area (Å²) in [4.78, 5) is 0. The largest absolute Gasteiger partial charge is 0.0859 e. The van der Waals surface area contributed by atoms with Gasteiger partial charge in [-0.25, -0.2) is 0 Å². The normalized spacial score (nSPS) is 13.7.